The van der Waals surface area contributed by atoms with Crippen molar-refractivity contribution in [1.82, 2.24) is 0 Å². The molecule has 0 N–H and O–H groups in total. The lowest BCUT2D eigenvalue weighted by molar-refractivity contribution is -0.383. The van der Waals surface area contributed by atoms with Gasteiger partial charge in [-0.25, -0.2) is 0 Å². The Hall–Kier alpha value is -2.05. The maximum Gasteiger partial charge on any atom is 0.416 e. The van der Waals surface area contributed by atoms with Gasteiger partial charge in [0.15, 0.2) is 0 Å². The molecule has 2 aromatic rings. The standard InChI is InChI=1S/C10H6F3NO3/c1-5-2-6-3-7(10(11,12)13)4-8(14(15)16)9(6)17-5/h2-4H,1H3. The summed E-state index contributed by atoms with van der Waals surface area (Å²) in [5.74, 6) is 0.322. The average molecular weight is 245 g/mol. The van der Waals surface area contributed by atoms with E-state index in [1.54, 1.807) is 0 Å². The molecule has 17 heavy (non-hydrogen) atoms. The SMILES string of the molecule is Cc1cc2cc(C(F)(F)F)cc([N+](=O)[O-])c2o1. The number of hydrogen-bond acceptors (Lipinski definition) is 3. The van der Waals surface area contributed by atoms with Crippen LogP contribution in [0.1, 0.15) is 11.3 Å². The zero-order valence-electron chi connectivity index (χ0n) is 8.54. The zero-order valence-corrected chi connectivity index (χ0v) is 8.54. The third-order valence-electron chi connectivity index (χ3n) is 2.24. The monoisotopic (exact) mass is 245 g/mol. The highest BCUT2D eigenvalue weighted by molar-refractivity contribution is 5.87. The molecule has 0 atom stereocenters. The van der Waals surface area contributed by atoms with Crippen LogP contribution in [-0.2, 0) is 6.18 Å². The number of nitro benzene ring substituents is 1. The summed E-state index contributed by atoms with van der Waals surface area (Å²) in [6.45, 7) is 1.51. The number of non-ortho nitro benzene ring substituents is 1. The van der Waals surface area contributed by atoms with Gasteiger partial charge in [-0.05, 0) is 19.1 Å². The van der Waals surface area contributed by atoms with Crippen molar-refractivity contribution in [3.63, 3.8) is 0 Å². The Morgan fingerprint density at radius 1 is 1.29 bits per heavy atom. The van der Waals surface area contributed by atoms with Crippen LogP contribution in [0.15, 0.2) is 22.6 Å². The summed E-state index contributed by atoms with van der Waals surface area (Å²) in [5.41, 5.74) is -1.87. The molecular weight excluding hydrogens is 239 g/mol. The summed E-state index contributed by atoms with van der Waals surface area (Å²) in [7, 11) is 0. The van der Waals surface area contributed by atoms with Crippen molar-refractivity contribution in [2.75, 3.05) is 0 Å². The van der Waals surface area contributed by atoms with E-state index in [0.29, 0.717) is 11.8 Å². The van der Waals surface area contributed by atoms with Gasteiger partial charge in [0.2, 0.25) is 5.58 Å². The van der Waals surface area contributed by atoms with Gasteiger partial charge in [0, 0.05) is 11.5 Å². The topological polar surface area (TPSA) is 56.3 Å². The van der Waals surface area contributed by atoms with Crippen LogP contribution in [0.3, 0.4) is 0 Å². The average Bonchev–Trinajstić information content (AvgIpc) is 2.54. The second-order valence-electron chi connectivity index (χ2n) is 3.53. The van der Waals surface area contributed by atoms with E-state index in [2.05, 4.69) is 0 Å². The highest BCUT2D eigenvalue weighted by Gasteiger charge is 2.34. The number of alkyl halides is 3. The smallest absolute Gasteiger partial charge is 0.416 e. The summed E-state index contributed by atoms with van der Waals surface area (Å²) < 4.78 is 42.6. The van der Waals surface area contributed by atoms with Crippen molar-refractivity contribution in [3.05, 3.63) is 39.6 Å². The van der Waals surface area contributed by atoms with E-state index in [9.17, 15) is 23.3 Å². The number of halogens is 3. The van der Waals surface area contributed by atoms with Crippen LogP contribution in [-0.4, -0.2) is 4.92 Å². The molecular formula is C10H6F3NO3. The third-order valence-corrected chi connectivity index (χ3v) is 2.24. The van der Waals surface area contributed by atoms with Gasteiger partial charge >= 0.3 is 11.9 Å². The predicted molar refractivity (Wildman–Crippen MR) is 52.6 cm³/mol. The molecule has 0 aliphatic carbocycles. The first-order valence-corrected chi connectivity index (χ1v) is 4.55. The van der Waals surface area contributed by atoms with E-state index in [0.717, 1.165) is 6.07 Å². The van der Waals surface area contributed by atoms with Crippen molar-refractivity contribution in [2.24, 2.45) is 0 Å². The van der Waals surface area contributed by atoms with Crippen molar-refractivity contribution in [1.29, 1.82) is 0 Å². The van der Waals surface area contributed by atoms with E-state index < -0.39 is 22.4 Å². The van der Waals surface area contributed by atoms with Crippen LogP contribution in [0.25, 0.3) is 11.0 Å². The maximum absolute atomic E-state index is 12.5. The Morgan fingerprint density at radius 2 is 1.94 bits per heavy atom. The second-order valence-corrected chi connectivity index (χ2v) is 3.53. The number of rotatable bonds is 1. The summed E-state index contributed by atoms with van der Waals surface area (Å²) in [6, 6.07) is 2.64. The van der Waals surface area contributed by atoms with E-state index in [4.69, 9.17) is 4.42 Å². The molecule has 1 heterocycles. The van der Waals surface area contributed by atoms with Gasteiger partial charge in [-0.15, -0.1) is 0 Å². The number of fused-ring (bicyclic) bond motifs is 1. The number of aryl methyl sites for hydroxylation is 1. The Kier molecular flexibility index (Phi) is 2.34. The number of nitro groups is 1. The van der Waals surface area contributed by atoms with Crippen LogP contribution in [0.4, 0.5) is 18.9 Å². The minimum atomic E-state index is -4.62. The van der Waals surface area contributed by atoms with Gasteiger partial charge in [-0.1, -0.05) is 0 Å². The second kappa shape index (κ2) is 3.47. The van der Waals surface area contributed by atoms with Crippen LogP contribution < -0.4 is 0 Å². The first kappa shape index (κ1) is 11.4. The zero-order chi connectivity index (χ0) is 12.8. The molecule has 1 aromatic carbocycles. The van der Waals surface area contributed by atoms with Gasteiger partial charge in [0.25, 0.3) is 0 Å². The normalized spacial score (nSPS) is 12.0. The van der Waals surface area contributed by atoms with E-state index in [-0.39, 0.29) is 11.0 Å². The van der Waals surface area contributed by atoms with Crippen molar-refractivity contribution >= 4 is 16.7 Å². The van der Waals surface area contributed by atoms with Crippen LogP contribution in [0.5, 0.6) is 0 Å². The predicted octanol–water partition coefficient (Wildman–Crippen LogP) is 3.67. The molecule has 0 unspecified atom stereocenters. The fourth-order valence-corrected chi connectivity index (χ4v) is 1.56. The molecule has 90 valence electrons. The molecule has 0 amide bonds. The molecule has 0 bridgehead atoms. The fraction of sp³-hybridized carbons (Fsp3) is 0.200. The molecule has 0 saturated heterocycles. The van der Waals surface area contributed by atoms with Crippen molar-refractivity contribution in [3.8, 4) is 0 Å². The Labute approximate surface area is 92.8 Å². The lowest BCUT2D eigenvalue weighted by Gasteiger charge is -2.05. The minimum Gasteiger partial charge on any atom is -0.454 e. The number of benzene rings is 1. The third kappa shape index (κ3) is 1.95. The maximum atomic E-state index is 12.5. The first-order valence-electron chi connectivity index (χ1n) is 4.55. The van der Waals surface area contributed by atoms with E-state index in [1.807, 2.05) is 0 Å². The molecule has 2 rings (SSSR count). The van der Waals surface area contributed by atoms with Crippen LogP contribution in [0, 0.1) is 17.0 Å². The minimum absolute atomic E-state index is 0.0732. The fourth-order valence-electron chi connectivity index (χ4n) is 1.56. The highest BCUT2D eigenvalue weighted by Crippen LogP contribution is 2.37. The molecule has 0 spiro atoms. The molecule has 4 nitrogen and oxygen atoms in total. The van der Waals surface area contributed by atoms with Crippen LogP contribution in [0.2, 0.25) is 0 Å². The Morgan fingerprint density at radius 3 is 2.47 bits per heavy atom. The van der Waals surface area contributed by atoms with E-state index >= 15 is 0 Å². The van der Waals surface area contributed by atoms with E-state index in [1.165, 1.54) is 13.0 Å². The van der Waals surface area contributed by atoms with Gasteiger partial charge in [0.05, 0.1) is 10.5 Å². The molecule has 0 fully saturated rings. The first-order chi connectivity index (χ1) is 7.79. The molecule has 0 radical (unpaired) electrons. The summed E-state index contributed by atoms with van der Waals surface area (Å²) >= 11 is 0. The molecule has 0 aliphatic rings. The molecule has 1 aromatic heterocycles. The summed E-state index contributed by atoms with van der Waals surface area (Å²) in [5, 5.41) is 10.8. The Balaban J connectivity index is 2.80. The summed E-state index contributed by atoms with van der Waals surface area (Å²) in [4.78, 5) is 9.79. The Bertz CT molecular complexity index is 601. The molecule has 0 aliphatic heterocycles. The van der Waals surface area contributed by atoms with Crippen molar-refractivity contribution in [2.45, 2.75) is 13.1 Å². The lowest BCUT2D eigenvalue weighted by atomic mass is 10.1. The van der Waals surface area contributed by atoms with Gasteiger partial charge < -0.3 is 4.42 Å². The van der Waals surface area contributed by atoms with Crippen molar-refractivity contribution < 1.29 is 22.5 Å². The van der Waals surface area contributed by atoms with Gasteiger partial charge in [-0.3, -0.25) is 10.1 Å². The molecule has 7 heteroatoms. The van der Waals surface area contributed by atoms with Gasteiger partial charge in [-0.2, -0.15) is 13.2 Å². The molecule has 0 saturated carbocycles. The highest BCUT2D eigenvalue weighted by atomic mass is 19.4. The summed E-state index contributed by atoms with van der Waals surface area (Å²) in [6.07, 6.45) is -4.62. The quantitative estimate of drug-likeness (QED) is 0.569. The van der Waals surface area contributed by atoms with Gasteiger partial charge in [0.1, 0.15) is 5.76 Å². The van der Waals surface area contributed by atoms with Crippen LogP contribution >= 0.6 is 0 Å². The number of furan rings is 1. The number of hydrogen-bond donors (Lipinski definition) is 0. The lowest BCUT2D eigenvalue weighted by Crippen LogP contribution is -2.05. The number of nitrogens with zero attached hydrogens (tertiary/aromatic N) is 1. The largest absolute Gasteiger partial charge is 0.454 e.